The highest BCUT2D eigenvalue weighted by Gasteiger charge is 2.36. The Balaban J connectivity index is 1.70. The summed E-state index contributed by atoms with van der Waals surface area (Å²) in [5.41, 5.74) is 1.24. The second-order valence-corrected chi connectivity index (χ2v) is 7.49. The highest BCUT2D eigenvalue weighted by atomic mass is 16.5. The van der Waals surface area contributed by atoms with Gasteiger partial charge in [-0.25, -0.2) is 0 Å². The molecular formula is C24H34O4. The van der Waals surface area contributed by atoms with E-state index in [4.69, 9.17) is 9.47 Å². The molecule has 0 aliphatic heterocycles. The molecule has 2 atom stereocenters. The van der Waals surface area contributed by atoms with Crippen molar-refractivity contribution in [2.75, 3.05) is 13.2 Å². The van der Waals surface area contributed by atoms with Crippen molar-refractivity contribution in [1.82, 2.24) is 0 Å². The van der Waals surface area contributed by atoms with E-state index in [1.54, 1.807) is 0 Å². The molecule has 154 valence electrons. The van der Waals surface area contributed by atoms with Crippen LogP contribution >= 0.6 is 0 Å². The number of hydrogen-bond acceptors (Lipinski definition) is 4. The van der Waals surface area contributed by atoms with Crippen molar-refractivity contribution in [3.05, 3.63) is 48.0 Å². The van der Waals surface area contributed by atoms with Crippen LogP contribution in [0.15, 0.2) is 42.5 Å². The fourth-order valence-corrected chi connectivity index (χ4v) is 3.52. The minimum absolute atomic E-state index is 0.258. The smallest absolute Gasteiger partial charge is 0.310 e. The van der Waals surface area contributed by atoms with Gasteiger partial charge < -0.3 is 9.47 Å². The molecule has 2 rings (SSSR count). The van der Waals surface area contributed by atoms with Crippen LogP contribution in [0.1, 0.15) is 63.9 Å². The highest BCUT2D eigenvalue weighted by Crippen LogP contribution is 2.28. The van der Waals surface area contributed by atoms with Crippen LogP contribution in [0.2, 0.25) is 0 Å². The fourth-order valence-electron chi connectivity index (χ4n) is 3.52. The summed E-state index contributed by atoms with van der Waals surface area (Å²) < 4.78 is 10.9. The second kappa shape index (κ2) is 13.1. The summed E-state index contributed by atoms with van der Waals surface area (Å²) in [4.78, 5) is 25.0. The van der Waals surface area contributed by atoms with Gasteiger partial charge in [0.15, 0.2) is 0 Å². The number of benzene rings is 1. The Bertz CT molecular complexity index is 608. The number of rotatable bonds is 12. The average molecular weight is 387 g/mol. The van der Waals surface area contributed by atoms with E-state index in [0.717, 1.165) is 25.7 Å². The Hall–Kier alpha value is -2.10. The molecule has 0 fully saturated rings. The minimum Gasteiger partial charge on any atom is -0.465 e. The SMILES string of the molecule is CCCCCCCOC(=O)C1CC=CCC1C(=O)OCCCc1ccccc1. The van der Waals surface area contributed by atoms with Gasteiger partial charge in [-0.3, -0.25) is 9.59 Å². The summed E-state index contributed by atoms with van der Waals surface area (Å²) in [5, 5.41) is 0. The standard InChI is InChI=1S/C24H34O4/c1-2-3-4-5-11-18-27-23(25)21-16-9-10-17-22(21)24(26)28-19-12-15-20-13-7-6-8-14-20/h6-10,13-14,21-22H,2-5,11-12,15-19H2,1H3. The van der Waals surface area contributed by atoms with Crippen molar-refractivity contribution in [2.24, 2.45) is 11.8 Å². The van der Waals surface area contributed by atoms with Crippen molar-refractivity contribution in [3.63, 3.8) is 0 Å². The van der Waals surface area contributed by atoms with Crippen molar-refractivity contribution in [1.29, 1.82) is 0 Å². The van der Waals surface area contributed by atoms with E-state index >= 15 is 0 Å². The number of hydrogen-bond donors (Lipinski definition) is 0. The van der Waals surface area contributed by atoms with Crippen molar-refractivity contribution in [2.45, 2.75) is 64.7 Å². The molecule has 4 heteroatoms. The third kappa shape index (κ3) is 7.87. The molecule has 28 heavy (non-hydrogen) atoms. The average Bonchev–Trinajstić information content (AvgIpc) is 2.74. The molecule has 1 aliphatic carbocycles. The van der Waals surface area contributed by atoms with Crippen LogP contribution in [0.25, 0.3) is 0 Å². The van der Waals surface area contributed by atoms with Gasteiger partial charge in [-0.1, -0.05) is 75.1 Å². The van der Waals surface area contributed by atoms with E-state index in [1.165, 1.54) is 24.8 Å². The lowest BCUT2D eigenvalue weighted by Crippen LogP contribution is -2.34. The molecule has 0 bridgehead atoms. The van der Waals surface area contributed by atoms with E-state index in [2.05, 4.69) is 19.1 Å². The molecule has 0 spiro atoms. The maximum Gasteiger partial charge on any atom is 0.310 e. The topological polar surface area (TPSA) is 52.6 Å². The summed E-state index contributed by atoms with van der Waals surface area (Å²) in [7, 11) is 0. The van der Waals surface area contributed by atoms with Crippen LogP contribution < -0.4 is 0 Å². The molecule has 0 amide bonds. The lowest BCUT2D eigenvalue weighted by atomic mass is 9.83. The zero-order valence-corrected chi connectivity index (χ0v) is 17.1. The van der Waals surface area contributed by atoms with Crippen LogP contribution in [0.5, 0.6) is 0 Å². The lowest BCUT2D eigenvalue weighted by Gasteiger charge is -2.25. The van der Waals surface area contributed by atoms with Crippen molar-refractivity contribution in [3.8, 4) is 0 Å². The molecule has 4 nitrogen and oxygen atoms in total. The normalized spacial score (nSPS) is 18.6. The summed E-state index contributed by atoms with van der Waals surface area (Å²) >= 11 is 0. The van der Waals surface area contributed by atoms with Crippen molar-refractivity contribution < 1.29 is 19.1 Å². The Kier molecular flexibility index (Phi) is 10.4. The van der Waals surface area contributed by atoms with Gasteiger partial charge in [0.1, 0.15) is 0 Å². The molecule has 0 aromatic heterocycles. The molecule has 1 aromatic rings. The monoisotopic (exact) mass is 386 g/mol. The Morgan fingerprint density at radius 1 is 0.821 bits per heavy atom. The first-order valence-corrected chi connectivity index (χ1v) is 10.7. The molecule has 1 aliphatic rings. The number of allylic oxidation sites excluding steroid dienone is 2. The Labute approximate surface area is 169 Å². The molecule has 0 heterocycles. The lowest BCUT2D eigenvalue weighted by molar-refractivity contribution is -0.161. The van der Waals surface area contributed by atoms with E-state index < -0.39 is 11.8 Å². The van der Waals surface area contributed by atoms with E-state index in [0.29, 0.717) is 26.1 Å². The van der Waals surface area contributed by atoms with Gasteiger partial charge in [-0.05, 0) is 37.7 Å². The fraction of sp³-hybridized carbons (Fsp3) is 0.583. The first-order chi connectivity index (χ1) is 13.7. The molecule has 0 radical (unpaired) electrons. The van der Waals surface area contributed by atoms with Crippen LogP contribution in [-0.4, -0.2) is 25.2 Å². The Morgan fingerprint density at radius 2 is 1.39 bits per heavy atom. The number of esters is 2. The van der Waals surface area contributed by atoms with Crippen LogP contribution in [0, 0.1) is 11.8 Å². The zero-order valence-electron chi connectivity index (χ0n) is 17.1. The van der Waals surface area contributed by atoms with Gasteiger partial charge in [-0.15, -0.1) is 0 Å². The maximum atomic E-state index is 12.5. The zero-order chi connectivity index (χ0) is 20.0. The van der Waals surface area contributed by atoms with Gasteiger partial charge in [0.2, 0.25) is 0 Å². The van der Waals surface area contributed by atoms with Crippen molar-refractivity contribution >= 4 is 11.9 Å². The van der Waals surface area contributed by atoms with Gasteiger partial charge in [0.25, 0.3) is 0 Å². The van der Waals surface area contributed by atoms with Crippen LogP contribution in [0.3, 0.4) is 0 Å². The quantitative estimate of drug-likeness (QED) is 0.279. The van der Waals surface area contributed by atoms with Crippen LogP contribution in [-0.2, 0) is 25.5 Å². The summed E-state index contributed by atoms with van der Waals surface area (Å²) in [6.07, 6.45) is 12.3. The molecule has 0 N–H and O–H groups in total. The predicted octanol–water partition coefficient (Wildman–Crippen LogP) is 5.26. The number of ether oxygens (including phenoxy) is 2. The van der Waals surface area contributed by atoms with E-state index in [9.17, 15) is 9.59 Å². The largest absolute Gasteiger partial charge is 0.465 e. The third-order valence-electron chi connectivity index (χ3n) is 5.23. The van der Waals surface area contributed by atoms with Gasteiger partial charge in [-0.2, -0.15) is 0 Å². The first-order valence-electron chi connectivity index (χ1n) is 10.7. The number of carbonyl (C=O) groups excluding carboxylic acids is 2. The number of aryl methyl sites for hydroxylation is 1. The summed E-state index contributed by atoms with van der Waals surface area (Å²) in [6.45, 7) is 3.01. The number of carbonyl (C=O) groups is 2. The van der Waals surface area contributed by atoms with Gasteiger partial charge in [0.05, 0.1) is 25.0 Å². The summed E-state index contributed by atoms with van der Waals surface area (Å²) in [5.74, 6) is -1.37. The van der Waals surface area contributed by atoms with E-state index in [-0.39, 0.29) is 11.9 Å². The third-order valence-corrected chi connectivity index (χ3v) is 5.23. The Morgan fingerprint density at radius 3 is 2.00 bits per heavy atom. The molecule has 0 saturated carbocycles. The molecule has 1 aromatic carbocycles. The maximum absolute atomic E-state index is 12.5. The first kappa shape index (κ1) is 22.2. The minimum atomic E-state index is -0.422. The summed E-state index contributed by atoms with van der Waals surface area (Å²) in [6, 6.07) is 10.2. The second-order valence-electron chi connectivity index (χ2n) is 7.49. The molecular weight excluding hydrogens is 352 g/mol. The number of unbranched alkanes of at least 4 members (excludes halogenated alkanes) is 4. The van der Waals surface area contributed by atoms with E-state index in [1.807, 2.05) is 30.4 Å². The van der Waals surface area contributed by atoms with Gasteiger partial charge >= 0.3 is 11.9 Å². The van der Waals surface area contributed by atoms with Crippen LogP contribution in [0.4, 0.5) is 0 Å². The highest BCUT2D eigenvalue weighted by molar-refractivity contribution is 5.82. The van der Waals surface area contributed by atoms with Gasteiger partial charge in [0, 0.05) is 0 Å². The predicted molar refractivity (Wildman–Crippen MR) is 111 cm³/mol. The molecule has 0 saturated heterocycles. The molecule has 2 unspecified atom stereocenters.